The van der Waals surface area contributed by atoms with Crippen LogP contribution >= 0.6 is 0 Å². The first-order valence-electron chi connectivity index (χ1n) is 3.36. The summed E-state index contributed by atoms with van der Waals surface area (Å²) in [5.41, 5.74) is 0. The molecule has 2 unspecified atom stereocenters. The first-order valence-corrected chi connectivity index (χ1v) is 3.36. The minimum atomic E-state index is -0.641. The number of hydrogen-bond donors (Lipinski definition) is 2. The van der Waals surface area contributed by atoms with Gasteiger partial charge in [-0.25, -0.2) is 4.39 Å². The second kappa shape index (κ2) is 3.13. The maximum atomic E-state index is 12.7. The highest BCUT2D eigenvalue weighted by Gasteiger charge is 2.24. The Morgan fingerprint density at radius 3 is 3.00 bits per heavy atom. The van der Waals surface area contributed by atoms with Crippen molar-refractivity contribution in [3.8, 4) is 0 Å². The van der Waals surface area contributed by atoms with E-state index in [-0.39, 0.29) is 6.04 Å². The molecule has 1 saturated heterocycles. The van der Waals surface area contributed by atoms with E-state index in [0.29, 0.717) is 6.42 Å². The van der Waals surface area contributed by atoms with Crippen LogP contribution in [0.25, 0.3) is 0 Å². The molecule has 0 radical (unpaired) electrons. The molecule has 0 aromatic rings. The molecule has 1 aliphatic heterocycles. The minimum absolute atomic E-state index is 0.0509. The Labute approximate surface area is 54.8 Å². The molecular weight excluding hydrogens is 119 g/mol. The van der Waals surface area contributed by atoms with Crippen LogP contribution in [0.3, 0.4) is 0 Å². The predicted molar refractivity (Wildman–Crippen MR) is 35.2 cm³/mol. The van der Waals surface area contributed by atoms with Gasteiger partial charge >= 0.3 is 0 Å². The molecule has 9 heavy (non-hydrogen) atoms. The van der Waals surface area contributed by atoms with Crippen molar-refractivity contribution in [2.75, 3.05) is 20.1 Å². The fourth-order valence-corrected chi connectivity index (χ4v) is 1.16. The fourth-order valence-electron chi connectivity index (χ4n) is 1.16. The van der Waals surface area contributed by atoms with E-state index in [1.807, 2.05) is 7.05 Å². The molecule has 0 aliphatic carbocycles. The fraction of sp³-hybridized carbons (Fsp3) is 1.00. The van der Waals surface area contributed by atoms with Crippen molar-refractivity contribution in [1.82, 2.24) is 10.6 Å². The third-order valence-electron chi connectivity index (χ3n) is 1.69. The lowest BCUT2D eigenvalue weighted by molar-refractivity contribution is 0.297. The topological polar surface area (TPSA) is 24.1 Å². The van der Waals surface area contributed by atoms with Gasteiger partial charge in [0.2, 0.25) is 0 Å². The van der Waals surface area contributed by atoms with Gasteiger partial charge in [-0.15, -0.1) is 0 Å². The van der Waals surface area contributed by atoms with E-state index in [0.717, 1.165) is 13.1 Å². The third kappa shape index (κ3) is 1.63. The van der Waals surface area contributed by atoms with E-state index in [1.165, 1.54) is 0 Å². The van der Waals surface area contributed by atoms with Crippen LogP contribution in [0.15, 0.2) is 0 Å². The van der Waals surface area contributed by atoms with E-state index < -0.39 is 6.17 Å². The van der Waals surface area contributed by atoms with Crippen LogP contribution in [0.1, 0.15) is 6.42 Å². The highest BCUT2D eigenvalue weighted by Crippen LogP contribution is 2.09. The predicted octanol–water partition coefficient (Wildman–Crippen LogP) is -0.0942. The summed E-state index contributed by atoms with van der Waals surface area (Å²) < 4.78 is 12.7. The highest BCUT2D eigenvalue weighted by molar-refractivity contribution is 4.84. The number of rotatable bonds is 2. The van der Waals surface area contributed by atoms with Crippen LogP contribution in [0, 0.1) is 0 Å². The van der Waals surface area contributed by atoms with Gasteiger partial charge in [0.15, 0.2) is 0 Å². The van der Waals surface area contributed by atoms with Crippen LogP contribution in [0.2, 0.25) is 0 Å². The zero-order chi connectivity index (χ0) is 6.69. The summed E-state index contributed by atoms with van der Waals surface area (Å²) in [4.78, 5) is 0. The molecule has 2 N–H and O–H groups in total. The smallest absolute Gasteiger partial charge is 0.118 e. The summed E-state index contributed by atoms with van der Waals surface area (Å²) in [6.07, 6.45) is 0.0317. The molecule has 3 heteroatoms. The van der Waals surface area contributed by atoms with Crippen molar-refractivity contribution >= 4 is 0 Å². The summed E-state index contributed by atoms with van der Waals surface area (Å²) >= 11 is 0. The van der Waals surface area contributed by atoms with Gasteiger partial charge in [-0.3, -0.25) is 0 Å². The maximum Gasteiger partial charge on any atom is 0.118 e. The average Bonchev–Trinajstić information content (AvgIpc) is 2.18. The Kier molecular flexibility index (Phi) is 2.42. The average molecular weight is 132 g/mol. The molecule has 1 fully saturated rings. The number of likely N-dealkylation sites (N-methyl/N-ethyl adjacent to an activating group) is 1. The highest BCUT2D eigenvalue weighted by atomic mass is 19.1. The standard InChI is InChI=1S/C6H13FN2/c1-8-4-6-5(7)2-3-9-6/h5-6,8-9H,2-4H2,1H3. The zero-order valence-electron chi connectivity index (χ0n) is 5.65. The SMILES string of the molecule is CNCC1NCCC1F. The molecule has 2 nitrogen and oxygen atoms in total. The van der Waals surface area contributed by atoms with Crippen LogP contribution in [-0.4, -0.2) is 32.4 Å². The quantitative estimate of drug-likeness (QED) is 0.548. The first kappa shape index (κ1) is 6.96. The van der Waals surface area contributed by atoms with Gasteiger partial charge in [-0.05, 0) is 20.0 Å². The van der Waals surface area contributed by atoms with Gasteiger partial charge in [0.05, 0.1) is 6.04 Å². The molecule has 0 saturated carbocycles. The van der Waals surface area contributed by atoms with Crippen molar-refractivity contribution in [3.63, 3.8) is 0 Å². The van der Waals surface area contributed by atoms with E-state index in [1.54, 1.807) is 0 Å². The van der Waals surface area contributed by atoms with Crippen LogP contribution in [-0.2, 0) is 0 Å². The Morgan fingerprint density at radius 2 is 2.56 bits per heavy atom. The molecule has 0 bridgehead atoms. The molecule has 0 spiro atoms. The summed E-state index contributed by atoms with van der Waals surface area (Å²) in [5, 5.41) is 6.01. The lowest BCUT2D eigenvalue weighted by Gasteiger charge is -2.10. The monoisotopic (exact) mass is 132 g/mol. The van der Waals surface area contributed by atoms with Crippen molar-refractivity contribution < 1.29 is 4.39 Å². The lowest BCUT2D eigenvalue weighted by Crippen LogP contribution is -2.37. The second-order valence-corrected chi connectivity index (χ2v) is 2.42. The molecular formula is C6H13FN2. The van der Waals surface area contributed by atoms with Gasteiger partial charge in [0.25, 0.3) is 0 Å². The maximum absolute atomic E-state index is 12.7. The first-order chi connectivity index (χ1) is 4.34. The Balaban J connectivity index is 2.22. The Bertz CT molecular complexity index is 87.1. The summed E-state index contributed by atoms with van der Waals surface area (Å²) in [6.45, 7) is 1.56. The number of halogens is 1. The van der Waals surface area contributed by atoms with Crippen molar-refractivity contribution in [3.05, 3.63) is 0 Å². The zero-order valence-corrected chi connectivity index (χ0v) is 5.65. The van der Waals surface area contributed by atoms with E-state index in [4.69, 9.17) is 0 Å². The Hall–Kier alpha value is -0.150. The largest absolute Gasteiger partial charge is 0.318 e. The molecule has 0 amide bonds. The molecule has 54 valence electrons. The van der Waals surface area contributed by atoms with Crippen molar-refractivity contribution in [2.45, 2.75) is 18.6 Å². The number of alkyl halides is 1. The second-order valence-electron chi connectivity index (χ2n) is 2.42. The van der Waals surface area contributed by atoms with Gasteiger partial charge in [-0.1, -0.05) is 0 Å². The Morgan fingerprint density at radius 1 is 1.78 bits per heavy atom. The van der Waals surface area contributed by atoms with E-state index >= 15 is 0 Å². The molecule has 0 aromatic heterocycles. The van der Waals surface area contributed by atoms with Crippen LogP contribution < -0.4 is 10.6 Å². The van der Waals surface area contributed by atoms with Crippen molar-refractivity contribution in [1.29, 1.82) is 0 Å². The molecule has 1 rings (SSSR count). The summed E-state index contributed by atoms with van der Waals surface area (Å²) in [7, 11) is 1.84. The molecule has 2 atom stereocenters. The molecule has 1 aliphatic rings. The normalized spacial score (nSPS) is 35.3. The minimum Gasteiger partial charge on any atom is -0.318 e. The van der Waals surface area contributed by atoms with Gasteiger partial charge in [0.1, 0.15) is 6.17 Å². The van der Waals surface area contributed by atoms with Gasteiger partial charge in [0, 0.05) is 6.54 Å². The van der Waals surface area contributed by atoms with Crippen molar-refractivity contribution in [2.24, 2.45) is 0 Å². The van der Waals surface area contributed by atoms with Crippen LogP contribution in [0.5, 0.6) is 0 Å². The summed E-state index contributed by atoms with van der Waals surface area (Å²) in [5.74, 6) is 0. The summed E-state index contributed by atoms with van der Waals surface area (Å²) in [6, 6.07) is 0.0509. The van der Waals surface area contributed by atoms with Gasteiger partial charge in [-0.2, -0.15) is 0 Å². The molecule has 0 aromatic carbocycles. The third-order valence-corrected chi connectivity index (χ3v) is 1.69. The van der Waals surface area contributed by atoms with E-state index in [2.05, 4.69) is 10.6 Å². The number of nitrogens with one attached hydrogen (secondary N) is 2. The van der Waals surface area contributed by atoms with Crippen LogP contribution in [0.4, 0.5) is 4.39 Å². The van der Waals surface area contributed by atoms with Gasteiger partial charge < -0.3 is 10.6 Å². The lowest BCUT2D eigenvalue weighted by atomic mass is 10.2. The van der Waals surface area contributed by atoms with E-state index in [9.17, 15) is 4.39 Å². The molecule has 1 heterocycles. The number of hydrogen-bond acceptors (Lipinski definition) is 2.